The molecule has 1 aliphatic rings. The van der Waals surface area contributed by atoms with Gasteiger partial charge in [0.15, 0.2) is 5.78 Å². The lowest BCUT2D eigenvalue weighted by Crippen LogP contribution is -2.36. The summed E-state index contributed by atoms with van der Waals surface area (Å²) in [6.07, 6.45) is 0. The van der Waals surface area contributed by atoms with Gasteiger partial charge in [-0.05, 0) is 43.3 Å². The van der Waals surface area contributed by atoms with Gasteiger partial charge in [0.05, 0.1) is 31.1 Å². The molecular weight excluding hydrogens is 330 g/mol. The fourth-order valence-corrected chi connectivity index (χ4v) is 2.87. The Kier molecular flexibility index (Phi) is 5.86. The van der Waals surface area contributed by atoms with Crippen LogP contribution in [-0.2, 0) is 9.53 Å². The number of nitrogens with zero attached hydrogens (tertiary/aromatic N) is 1. The summed E-state index contributed by atoms with van der Waals surface area (Å²) >= 11 is 0. The topological polar surface area (TPSA) is 70.7 Å². The molecule has 26 heavy (non-hydrogen) atoms. The molecule has 1 heterocycles. The second-order valence-electron chi connectivity index (χ2n) is 6.15. The molecule has 136 valence electrons. The minimum atomic E-state index is -0.141. The number of benzene rings is 2. The van der Waals surface area contributed by atoms with E-state index in [1.165, 1.54) is 6.92 Å². The van der Waals surface area contributed by atoms with Crippen molar-refractivity contribution in [1.29, 1.82) is 0 Å². The molecule has 0 saturated carbocycles. The molecule has 1 amide bonds. The molecule has 0 unspecified atom stereocenters. The van der Waals surface area contributed by atoms with E-state index in [-0.39, 0.29) is 18.2 Å². The van der Waals surface area contributed by atoms with Crippen LogP contribution in [0.15, 0.2) is 48.5 Å². The van der Waals surface area contributed by atoms with Gasteiger partial charge in [-0.15, -0.1) is 0 Å². The number of carbonyl (C=O) groups is 2. The maximum absolute atomic E-state index is 12.2. The maximum atomic E-state index is 12.2. The Morgan fingerprint density at radius 3 is 2.42 bits per heavy atom. The van der Waals surface area contributed by atoms with E-state index in [2.05, 4.69) is 15.5 Å². The highest BCUT2D eigenvalue weighted by Crippen LogP contribution is 2.26. The van der Waals surface area contributed by atoms with E-state index in [1.807, 2.05) is 24.3 Å². The van der Waals surface area contributed by atoms with Crippen LogP contribution in [0.25, 0.3) is 0 Å². The number of para-hydroxylation sites is 2. The molecule has 2 aromatic rings. The largest absolute Gasteiger partial charge is 0.378 e. The second-order valence-corrected chi connectivity index (χ2v) is 6.15. The fourth-order valence-electron chi connectivity index (χ4n) is 2.87. The first-order valence-electron chi connectivity index (χ1n) is 8.70. The van der Waals surface area contributed by atoms with Crippen LogP contribution in [0.4, 0.5) is 17.1 Å². The molecule has 0 spiro atoms. The van der Waals surface area contributed by atoms with E-state index >= 15 is 0 Å². The molecule has 0 aromatic heterocycles. The van der Waals surface area contributed by atoms with E-state index in [4.69, 9.17) is 4.74 Å². The third kappa shape index (κ3) is 4.61. The van der Waals surface area contributed by atoms with E-state index in [9.17, 15) is 9.59 Å². The number of amides is 1. The number of ketones is 1. The molecule has 2 aromatic carbocycles. The van der Waals surface area contributed by atoms with Gasteiger partial charge in [-0.1, -0.05) is 12.1 Å². The van der Waals surface area contributed by atoms with Crippen LogP contribution < -0.4 is 15.5 Å². The first-order valence-corrected chi connectivity index (χ1v) is 8.70. The average molecular weight is 353 g/mol. The van der Waals surface area contributed by atoms with Crippen LogP contribution in [0.5, 0.6) is 0 Å². The molecular formula is C20H23N3O3. The molecule has 0 atom stereocenters. The van der Waals surface area contributed by atoms with Crippen molar-refractivity contribution in [2.45, 2.75) is 6.92 Å². The predicted molar refractivity (Wildman–Crippen MR) is 103 cm³/mol. The maximum Gasteiger partial charge on any atom is 0.243 e. The average Bonchev–Trinajstić information content (AvgIpc) is 2.68. The number of anilines is 3. The summed E-state index contributed by atoms with van der Waals surface area (Å²) in [7, 11) is 0. The van der Waals surface area contributed by atoms with Gasteiger partial charge in [0.25, 0.3) is 0 Å². The number of Topliss-reactive ketones (excluding diaryl/α,β-unsaturated/α-hetero) is 1. The molecule has 0 aliphatic carbocycles. The van der Waals surface area contributed by atoms with Crippen LogP contribution in [0.1, 0.15) is 17.3 Å². The van der Waals surface area contributed by atoms with Crippen LogP contribution >= 0.6 is 0 Å². The number of hydrogen-bond acceptors (Lipinski definition) is 5. The summed E-state index contributed by atoms with van der Waals surface area (Å²) in [4.78, 5) is 25.8. The van der Waals surface area contributed by atoms with E-state index < -0.39 is 0 Å². The molecule has 6 heteroatoms. The zero-order valence-electron chi connectivity index (χ0n) is 14.8. The molecule has 1 aliphatic heterocycles. The number of hydrogen-bond donors (Lipinski definition) is 2. The fraction of sp³-hybridized carbons (Fsp3) is 0.300. The van der Waals surface area contributed by atoms with E-state index in [0.717, 1.165) is 24.5 Å². The normalized spacial score (nSPS) is 14.0. The van der Waals surface area contributed by atoms with E-state index in [0.29, 0.717) is 24.5 Å². The standard InChI is InChI=1S/C20H23N3O3/c1-15(24)16-6-8-17(9-7-16)22-20(25)14-21-18-4-2-3-5-19(18)23-10-12-26-13-11-23/h2-9,21H,10-14H2,1H3,(H,22,25). The van der Waals surface area contributed by atoms with Gasteiger partial charge in [0, 0.05) is 24.3 Å². The number of nitrogens with one attached hydrogen (secondary N) is 2. The van der Waals surface area contributed by atoms with Gasteiger partial charge in [0.1, 0.15) is 0 Å². The summed E-state index contributed by atoms with van der Waals surface area (Å²) in [5.74, 6) is -0.137. The lowest BCUT2D eigenvalue weighted by atomic mass is 10.1. The van der Waals surface area contributed by atoms with Crippen molar-refractivity contribution in [2.24, 2.45) is 0 Å². The molecule has 2 N–H and O–H groups in total. The lowest BCUT2D eigenvalue weighted by Gasteiger charge is -2.30. The molecule has 3 rings (SSSR count). The molecule has 6 nitrogen and oxygen atoms in total. The van der Waals surface area contributed by atoms with E-state index in [1.54, 1.807) is 24.3 Å². The first kappa shape index (κ1) is 17.9. The number of ether oxygens (including phenoxy) is 1. The summed E-state index contributed by atoms with van der Waals surface area (Å²) < 4.78 is 5.40. The van der Waals surface area contributed by atoms with Crippen molar-refractivity contribution >= 4 is 28.8 Å². The second kappa shape index (κ2) is 8.49. The molecule has 1 saturated heterocycles. The number of rotatable bonds is 6. The SMILES string of the molecule is CC(=O)c1ccc(NC(=O)CNc2ccccc2N2CCOCC2)cc1. The Balaban J connectivity index is 1.58. The van der Waals surface area contributed by atoms with Crippen molar-refractivity contribution in [1.82, 2.24) is 0 Å². The molecule has 0 radical (unpaired) electrons. The zero-order valence-corrected chi connectivity index (χ0v) is 14.8. The Hall–Kier alpha value is -2.86. The predicted octanol–water partition coefficient (Wildman–Crippen LogP) is 2.78. The highest BCUT2D eigenvalue weighted by molar-refractivity contribution is 5.96. The molecule has 1 fully saturated rings. The lowest BCUT2D eigenvalue weighted by molar-refractivity contribution is -0.114. The van der Waals surface area contributed by atoms with Gasteiger partial charge in [-0.2, -0.15) is 0 Å². The van der Waals surface area contributed by atoms with Crippen LogP contribution in [0, 0.1) is 0 Å². The summed E-state index contributed by atoms with van der Waals surface area (Å²) in [6, 6.07) is 14.8. The van der Waals surface area contributed by atoms with Crippen molar-refractivity contribution in [3.63, 3.8) is 0 Å². The van der Waals surface area contributed by atoms with Gasteiger partial charge >= 0.3 is 0 Å². The van der Waals surface area contributed by atoms with Gasteiger partial charge in [0.2, 0.25) is 5.91 Å². The summed E-state index contributed by atoms with van der Waals surface area (Å²) in [5.41, 5.74) is 3.30. The van der Waals surface area contributed by atoms with Crippen LogP contribution in [0.3, 0.4) is 0 Å². The monoisotopic (exact) mass is 353 g/mol. The Morgan fingerprint density at radius 1 is 1.04 bits per heavy atom. The first-order chi connectivity index (χ1) is 12.6. The zero-order chi connectivity index (χ0) is 18.4. The van der Waals surface area contributed by atoms with Crippen molar-refractivity contribution in [3.8, 4) is 0 Å². The number of carbonyl (C=O) groups excluding carboxylic acids is 2. The molecule has 0 bridgehead atoms. The van der Waals surface area contributed by atoms with Crippen LogP contribution in [-0.4, -0.2) is 44.5 Å². The highest BCUT2D eigenvalue weighted by atomic mass is 16.5. The van der Waals surface area contributed by atoms with Crippen molar-refractivity contribution in [2.75, 3.05) is 48.4 Å². The minimum absolute atomic E-state index is 0.00395. The minimum Gasteiger partial charge on any atom is -0.378 e. The summed E-state index contributed by atoms with van der Waals surface area (Å²) in [5, 5.41) is 6.04. The van der Waals surface area contributed by atoms with Crippen molar-refractivity contribution < 1.29 is 14.3 Å². The van der Waals surface area contributed by atoms with Gasteiger partial charge in [-0.3, -0.25) is 9.59 Å². The Morgan fingerprint density at radius 2 is 1.73 bits per heavy atom. The number of morpholine rings is 1. The third-order valence-electron chi connectivity index (χ3n) is 4.27. The third-order valence-corrected chi connectivity index (χ3v) is 4.27. The van der Waals surface area contributed by atoms with Gasteiger partial charge in [-0.25, -0.2) is 0 Å². The highest BCUT2D eigenvalue weighted by Gasteiger charge is 2.14. The Labute approximate surface area is 153 Å². The summed E-state index contributed by atoms with van der Waals surface area (Å²) in [6.45, 7) is 4.79. The van der Waals surface area contributed by atoms with Gasteiger partial charge < -0.3 is 20.3 Å². The van der Waals surface area contributed by atoms with Crippen molar-refractivity contribution in [3.05, 3.63) is 54.1 Å². The quantitative estimate of drug-likeness (QED) is 0.782. The smallest absolute Gasteiger partial charge is 0.243 e. The Bertz CT molecular complexity index is 768. The van der Waals surface area contributed by atoms with Crippen LogP contribution in [0.2, 0.25) is 0 Å².